The van der Waals surface area contributed by atoms with Crippen LogP contribution in [0.2, 0.25) is 0 Å². The Bertz CT molecular complexity index is 375. The molecule has 0 bridgehead atoms. The summed E-state index contributed by atoms with van der Waals surface area (Å²) in [6.07, 6.45) is 9.86. The zero-order chi connectivity index (χ0) is 14.1. The van der Waals surface area contributed by atoms with E-state index in [2.05, 4.69) is 18.2 Å². The molecular formula is C14H23N3O2. The fourth-order valence-corrected chi connectivity index (χ4v) is 1.92. The third-order valence-electron chi connectivity index (χ3n) is 2.95. The van der Waals surface area contributed by atoms with E-state index in [4.69, 9.17) is 15.9 Å². The Morgan fingerprint density at radius 2 is 2.32 bits per heavy atom. The minimum absolute atomic E-state index is 0.260. The Hall–Kier alpha value is -1.62. The number of nitrogens with two attached hydrogens (primary N) is 1. The topological polar surface area (TPSA) is 79.4 Å². The van der Waals surface area contributed by atoms with Crippen molar-refractivity contribution < 1.29 is 9.53 Å². The Morgan fingerprint density at radius 1 is 1.53 bits per heavy atom. The molecule has 1 aliphatic rings. The summed E-state index contributed by atoms with van der Waals surface area (Å²) in [5.41, 5.74) is 6.39. The van der Waals surface area contributed by atoms with Crippen molar-refractivity contribution in [3.8, 4) is 0 Å². The summed E-state index contributed by atoms with van der Waals surface area (Å²) in [4.78, 5) is 12.3. The van der Waals surface area contributed by atoms with E-state index in [0.29, 0.717) is 26.2 Å². The van der Waals surface area contributed by atoms with Gasteiger partial charge < -0.3 is 10.5 Å². The zero-order valence-corrected chi connectivity index (χ0v) is 11.5. The van der Waals surface area contributed by atoms with Gasteiger partial charge in [0.1, 0.15) is 5.84 Å². The Kier molecular flexibility index (Phi) is 6.89. The van der Waals surface area contributed by atoms with Crippen molar-refractivity contribution in [1.29, 1.82) is 5.41 Å². The summed E-state index contributed by atoms with van der Waals surface area (Å²) >= 11 is 0. The van der Waals surface area contributed by atoms with Crippen LogP contribution in [0.3, 0.4) is 0 Å². The summed E-state index contributed by atoms with van der Waals surface area (Å²) in [5.74, 6) is 0.260. The van der Waals surface area contributed by atoms with Crippen LogP contribution in [0.4, 0.5) is 4.79 Å². The van der Waals surface area contributed by atoms with E-state index in [1.54, 1.807) is 6.92 Å². The molecule has 0 atom stereocenters. The molecule has 0 aromatic rings. The molecular weight excluding hydrogens is 242 g/mol. The normalized spacial score (nSPS) is 14.1. The molecule has 0 radical (unpaired) electrons. The molecule has 0 aliphatic heterocycles. The monoisotopic (exact) mass is 265 g/mol. The molecule has 0 unspecified atom stereocenters. The van der Waals surface area contributed by atoms with Gasteiger partial charge in [0.05, 0.1) is 6.61 Å². The molecule has 0 spiro atoms. The minimum Gasteiger partial charge on any atom is -0.377 e. The highest BCUT2D eigenvalue weighted by molar-refractivity contribution is 5.95. The highest BCUT2D eigenvalue weighted by Crippen LogP contribution is 2.10. The maximum atomic E-state index is 11.0. The molecule has 3 N–H and O–H groups in total. The molecule has 5 heteroatoms. The van der Waals surface area contributed by atoms with E-state index in [9.17, 15) is 4.79 Å². The first-order valence-corrected chi connectivity index (χ1v) is 6.72. The highest BCUT2D eigenvalue weighted by Gasteiger charge is 2.12. The molecule has 19 heavy (non-hydrogen) atoms. The van der Waals surface area contributed by atoms with Gasteiger partial charge in [0.2, 0.25) is 0 Å². The lowest BCUT2D eigenvalue weighted by molar-refractivity contribution is 0.155. The van der Waals surface area contributed by atoms with Gasteiger partial charge in [0, 0.05) is 19.6 Å². The summed E-state index contributed by atoms with van der Waals surface area (Å²) in [6.45, 7) is 3.45. The molecule has 1 aliphatic carbocycles. The summed E-state index contributed by atoms with van der Waals surface area (Å²) < 4.78 is 5.55. The first-order chi connectivity index (χ1) is 9.15. The van der Waals surface area contributed by atoms with Crippen LogP contribution in [0.25, 0.3) is 0 Å². The lowest BCUT2D eigenvalue weighted by Crippen LogP contribution is -2.40. The SMILES string of the molecule is CCN(C(=N)CCCOCC1=CCCC=C1)C(N)=O. The first-order valence-electron chi connectivity index (χ1n) is 6.72. The van der Waals surface area contributed by atoms with Gasteiger partial charge in [0.25, 0.3) is 0 Å². The molecule has 0 aromatic heterocycles. The molecule has 0 aromatic carbocycles. The molecule has 106 valence electrons. The van der Waals surface area contributed by atoms with Gasteiger partial charge in [-0.2, -0.15) is 0 Å². The predicted molar refractivity (Wildman–Crippen MR) is 76.2 cm³/mol. The van der Waals surface area contributed by atoms with Crippen LogP contribution in [0.1, 0.15) is 32.6 Å². The first kappa shape index (κ1) is 15.4. The molecule has 0 saturated heterocycles. The van der Waals surface area contributed by atoms with Crippen LogP contribution in [0, 0.1) is 5.41 Å². The van der Waals surface area contributed by atoms with E-state index < -0.39 is 6.03 Å². The fraction of sp³-hybridized carbons (Fsp3) is 0.571. The van der Waals surface area contributed by atoms with Crippen LogP contribution >= 0.6 is 0 Å². The van der Waals surface area contributed by atoms with Gasteiger partial charge >= 0.3 is 6.03 Å². The quantitative estimate of drug-likeness (QED) is 0.421. The number of hydrogen-bond acceptors (Lipinski definition) is 3. The second-order valence-electron chi connectivity index (χ2n) is 4.44. The largest absolute Gasteiger partial charge is 0.377 e. The number of rotatable bonds is 7. The van der Waals surface area contributed by atoms with E-state index in [1.807, 2.05) is 0 Å². The molecule has 0 fully saturated rings. The third kappa shape index (κ3) is 5.70. The second-order valence-corrected chi connectivity index (χ2v) is 4.44. The molecule has 2 amide bonds. The predicted octanol–water partition coefficient (Wildman–Crippen LogP) is 2.44. The number of primary amides is 1. The number of amides is 2. The number of amidine groups is 1. The van der Waals surface area contributed by atoms with Crippen molar-refractivity contribution in [3.05, 3.63) is 23.8 Å². The molecule has 0 saturated carbocycles. The van der Waals surface area contributed by atoms with Crippen molar-refractivity contribution in [2.45, 2.75) is 32.6 Å². The lowest BCUT2D eigenvalue weighted by Gasteiger charge is -2.18. The van der Waals surface area contributed by atoms with Gasteiger partial charge in [-0.25, -0.2) is 4.79 Å². The summed E-state index contributed by atoms with van der Waals surface area (Å²) in [5, 5.41) is 7.75. The third-order valence-corrected chi connectivity index (χ3v) is 2.95. The molecule has 5 nitrogen and oxygen atoms in total. The molecule has 0 heterocycles. The van der Waals surface area contributed by atoms with Crippen LogP contribution in [0.15, 0.2) is 23.8 Å². The van der Waals surface area contributed by atoms with Crippen LogP contribution < -0.4 is 5.73 Å². The van der Waals surface area contributed by atoms with E-state index in [0.717, 1.165) is 19.3 Å². The van der Waals surface area contributed by atoms with Gasteiger partial charge in [-0.05, 0) is 31.8 Å². The zero-order valence-electron chi connectivity index (χ0n) is 11.5. The lowest BCUT2D eigenvalue weighted by atomic mass is 10.1. The van der Waals surface area contributed by atoms with Gasteiger partial charge in [-0.3, -0.25) is 10.3 Å². The second kappa shape index (κ2) is 8.48. The van der Waals surface area contributed by atoms with Gasteiger partial charge in [-0.15, -0.1) is 0 Å². The molecule has 1 rings (SSSR count). The van der Waals surface area contributed by atoms with Crippen LogP contribution in [-0.2, 0) is 4.74 Å². The number of allylic oxidation sites excluding steroid dienone is 2. The van der Waals surface area contributed by atoms with Crippen LogP contribution in [0.5, 0.6) is 0 Å². The number of carbonyl (C=O) groups excluding carboxylic acids is 1. The Labute approximate surface area is 114 Å². The number of hydrogen-bond donors (Lipinski definition) is 2. The van der Waals surface area contributed by atoms with Gasteiger partial charge in [0.15, 0.2) is 0 Å². The van der Waals surface area contributed by atoms with Crippen LogP contribution in [-0.4, -0.2) is 36.5 Å². The van der Waals surface area contributed by atoms with Crippen molar-refractivity contribution in [2.75, 3.05) is 19.8 Å². The van der Waals surface area contributed by atoms with Crippen molar-refractivity contribution in [2.24, 2.45) is 5.73 Å². The number of ether oxygens (including phenoxy) is 1. The smallest absolute Gasteiger partial charge is 0.320 e. The van der Waals surface area contributed by atoms with E-state index in [1.165, 1.54) is 10.5 Å². The average molecular weight is 265 g/mol. The minimum atomic E-state index is -0.564. The summed E-state index contributed by atoms with van der Waals surface area (Å²) in [6, 6.07) is -0.564. The number of nitrogens with zero attached hydrogens (tertiary/aromatic N) is 1. The number of urea groups is 1. The maximum Gasteiger partial charge on any atom is 0.320 e. The Morgan fingerprint density at radius 3 is 2.89 bits per heavy atom. The van der Waals surface area contributed by atoms with Crippen molar-refractivity contribution in [3.63, 3.8) is 0 Å². The highest BCUT2D eigenvalue weighted by atomic mass is 16.5. The average Bonchev–Trinajstić information content (AvgIpc) is 2.40. The van der Waals surface area contributed by atoms with E-state index >= 15 is 0 Å². The Balaban J connectivity index is 2.13. The van der Waals surface area contributed by atoms with E-state index in [-0.39, 0.29) is 5.84 Å². The standard InChI is InChI=1S/C14H23N3O2/c1-2-17(14(16)18)13(15)9-6-10-19-11-12-7-4-3-5-8-12/h4,7-8,15H,2-3,5-6,9-11H2,1H3,(H2,16,18). The van der Waals surface area contributed by atoms with Crippen molar-refractivity contribution in [1.82, 2.24) is 4.90 Å². The van der Waals surface area contributed by atoms with Gasteiger partial charge in [-0.1, -0.05) is 18.2 Å². The maximum absolute atomic E-state index is 11.0. The number of nitrogens with one attached hydrogen (secondary N) is 1. The van der Waals surface area contributed by atoms with Crippen molar-refractivity contribution >= 4 is 11.9 Å². The number of carbonyl (C=O) groups is 1. The fourth-order valence-electron chi connectivity index (χ4n) is 1.92. The summed E-state index contributed by atoms with van der Waals surface area (Å²) in [7, 11) is 0.